The van der Waals surface area contributed by atoms with Gasteiger partial charge < -0.3 is 0 Å². The van der Waals surface area contributed by atoms with Crippen LogP contribution in [0.15, 0.2) is 5.57 Å². The summed E-state index contributed by atoms with van der Waals surface area (Å²) in [7, 11) is 0. The van der Waals surface area contributed by atoms with Crippen LogP contribution in [0.5, 0.6) is 0 Å². The van der Waals surface area contributed by atoms with Crippen molar-refractivity contribution >= 4 is 17.7 Å². The molecule has 0 atom stereocenters. The van der Waals surface area contributed by atoms with Crippen molar-refractivity contribution in [2.24, 2.45) is 0 Å². The molecule has 0 saturated heterocycles. The van der Waals surface area contributed by atoms with E-state index >= 15 is 0 Å². The van der Waals surface area contributed by atoms with Gasteiger partial charge in [-0.05, 0) is 31.8 Å². The van der Waals surface area contributed by atoms with Crippen molar-refractivity contribution in [1.82, 2.24) is 0 Å². The molecule has 0 amide bonds. The largest absolute Gasteiger partial charge is 0.234 e. The molecule has 0 saturated carbocycles. The topological polar surface area (TPSA) is 17.1 Å². The molecule has 0 unspecified atom stereocenters. The molecule has 0 aromatic carbocycles. The molecule has 0 rings (SSSR count). The summed E-state index contributed by atoms with van der Waals surface area (Å²) in [5.74, 6) is 3.02. The first-order valence-corrected chi connectivity index (χ1v) is 4.40. The van der Waals surface area contributed by atoms with E-state index in [4.69, 9.17) is 0 Å². The summed E-state index contributed by atoms with van der Waals surface area (Å²) in [4.78, 5) is 9.93. The predicted octanol–water partition coefficient (Wildman–Crippen LogP) is 1.91. The first kappa shape index (κ1) is 8.80. The molecule has 9 heavy (non-hydrogen) atoms. The van der Waals surface area contributed by atoms with Crippen molar-refractivity contribution in [2.45, 2.75) is 19.8 Å². The Morgan fingerprint density at radius 2 is 2.33 bits per heavy atom. The van der Waals surface area contributed by atoms with Gasteiger partial charge in [-0.3, -0.25) is 0 Å². The van der Waals surface area contributed by atoms with Crippen LogP contribution in [0, 0.1) is 0 Å². The van der Waals surface area contributed by atoms with Gasteiger partial charge in [-0.25, -0.2) is 4.79 Å². The lowest BCUT2D eigenvalue weighted by molar-refractivity contribution is 0.566. The maximum atomic E-state index is 9.93. The predicted molar refractivity (Wildman–Crippen MR) is 42.5 cm³/mol. The Bertz CT molecular complexity index is 114. The van der Waals surface area contributed by atoms with Crippen LogP contribution >= 0.6 is 11.8 Å². The summed E-state index contributed by atoms with van der Waals surface area (Å²) in [5, 5.41) is 0. The summed E-state index contributed by atoms with van der Waals surface area (Å²) in [6, 6.07) is 0. The van der Waals surface area contributed by atoms with Crippen LogP contribution in [0.4, 0.5) is 0 Å². The molecule has 2 heteroatoms. The Morgan fingerprint density at radius 1 is 1.67 bits per heavy atom. The van der Waals surface area contributed by atoms with E-state index in [0.29, 0.717) is 0 Å². The number of carbonyl (C=O) groups excluding carboxylic acids is 1. The second-order valence-electron chi connectivity index (χ2n) is 1.98. The molecule has 0 bridgehead atoms. The van der Waals surface area contributed by atoms with E-state index in [9.17, 15) is 4.79 Å². The molecule has 0 spiro atoms. The number of rotatable bonds is 4. The molecule has 0 heterocycles. The minimum atomic E-state index is 0.837. The van der Waals surface area contributed by atoms with E-state index in [-0.39, 0.29) is 0 Å². The summed E-state index contributed by atoms with van der Waals surface area (Å²) in [6.45, 7) is 1.83. The molecule has 0 aliphatic rings. The van der Waals surface area contributed by atoms with E-state index in [2.05, 4.69) is 6.26 Å². The smallest absolute Gasteiger partial charge is 0.123 e. The lowest BCUT2D eigenvalue weighted by atomic mass is 10.2. The third kappa shape index (κ3) is 5.67. The van der Waals surface area contributed by atoms with Gasteiger partial charge in [0.25, 0.3) is 0 Å². The van der Waals surface area contributed by atoms with Crippen LogP contribution in [-0.4, -0.2) is 17.9 Å². The number of hydrogen-bond acceptors (Lipinski definition) is 2. The van der Waals surface area contributed by atoms with Gasteiger partial charge >= 0.3 is 0 Å². The number of thioether (sulfide) groups is 1. The Labute approximate surface area is 60.5 Å². The fraction of sp³-hybridized carbons (Fsp3) is 0.714. The molecule has 0 aromatic rings. The summed E-state index contributed by atoms with van der Waals surface area (Å²) < 4.78 is 0. The lowest BCUT2D eigenvalue weighted by Crippen LogP contribution is -1.81. The highest BCUT2D eigenvalue weighted by Gasteiger charge is 1.88. The monoisotopic (exact) mass is 144 g/mol. The van der Waals surface area contributed by atoms with Crippen LogP contribution in [0.2, 0.25) is 0 Å². The highest BCUT2D eigenvalue weighted by atomic mass is 32.2. The van der Waals surface area contributed by atoms with Gasteiger partial charge in [0.15, 0.2) is 0 Å². The fourth-order valence-corrected chi connectivity index (χ4v) is 0.966. The van der Waals surface area contributed by atoms with E-state index in [1.807, 2.05) is 24.6 Å². The first-order chi connectivity index (χ1) is 4.31. The van der Waals surface area contributed by atoms with Crippen LogP contribution in [-0.2, 0) is 4.79 Å². The molecule has 0 aromatic heterocycles. The highest BCUT2D eigenvalue weighted by molar-refractivity contribution is 7.98. The second kappa shape index (κ2) is 5.93. The second-order valence-corrected chi connectivity index (χ2v) is 2.96. The zero-order valence-electron chi connectivity index (χ0n) is 5.94. The Morgan fingerprint density at radius 3 is 2.78 bits per heavy atom. The number of hydrogen-bond donors (Lipinski definition) is 0. The Hall–Kier alpha value is -0.200. The maximum absolute atomic E-state index is 9.93. The van der Waals surface area contributed by atoms with Crippen molar-refractivity contribution in [3.63, 3.8) is 0 Å². The number of allylic oxidation sites excluding steroid dienone is 1. The molecular formula is C7H12OS. The van der Waals surface area contributed by atoms with E-state index in [1.54, 1.807) is 0 Å². The lowest BCUT2D eigenvalue weighted by Gasteiger charge is -1.92. The summed E-state index contributed by atoms with van der Waals surface area (Å²) in [6.07, 6.45) is 4.08. The van der Waals surface area contributed by atoms with Crippen LogP contribution in [0.3, 0.4) is 0 Å². The van der Waals surface area contributed by atoms with Gasteiger partial charge in [0.1, 0.15) is 5.94 Å². The quantitative estimate of drug-likeness (QED) is 0.443. The molecule has 52 valence electrons. The van der Waals surface area contributed by atoms with Crippen LogP contribution < -0.4 is 0 Å². The molecular weight excluding hydrogens is 132 g/mol. The van der Waals surface area contributed by atoms with Crippen molar-refractivity contribution in [2.75, 3.05) is 12.0 Å². The third-order valence-corrected chi connectivity index (χ3v) is 1.77. The van der Waals surface area contributed by atoms with Crippen molar-refractivity contribution < 1.29 is 4.79 Å². The van der Waals surface area contributed by atoms with Crippen molar-refractivity contribution in [3.05, 3.63) is 5.57 Å². The van der Waals surface area contributed by atoms with Crippen molar-refractivity contribution in [1.29, 1.82) is 0 Å². The van der Waals surface area contributed by atoms with Gasteiger partial charge in [0.2, 0.25) is 0 Å². The molecule has 1 nitrogen and oxygen atoms in total. The van der Waals surface area contributed by atoms with Gasteiger partial charge in [0.05, 0.1) is 0 Å². The van der Waals surface area contributed by atoms with E-state index in [0.717, 1.165) is 24.2 Å². The standard InChI is InChI=1S/C7H12OS/c1-7(6-8)4-3-5-9-2/h3-5H2,1-2H3. The van der Waals surface area contributed by atoms with E-state index in [1.165, 1.54) is 0 Å². The minimum absolute atomic E-state index is 0.837. The van der Waals surface area contributed by atoms with Gasteiger partial charge in [-0.2, -0.15) is 11.8 Å². The average Bonchev–Trinajstić information content (AvgIpc) is 1.89. The van der Waals surface area contributed by atoms with Gasteiger partial charge in [-0.15, -0.1) is 0 Å². The molecule has 0 fully saturated rings. The van der Waals surface area contributed by atoms with E-state index < -0.39 is 0 Å². The maximum Gasteiger partial charge on any atom is 0.123 e. The van der Waals surface area contributed by atoms with Crippen LogP contribution in [0.1, 0.15) is 19.8 Å². The molecule has 0 aliphatic carbocycles. The van der Waals surface area contributed by atoms with Gasteiger partial charge in [-0.1, -0.05) is 0 Å². The Balaban J connectivity index is 3.17. The summed E-state index contributed by atoms with van der Waals surface area (Å²) >= 11 is 1.81. The zero-order valence-corrected chi connectivity index (χ0v) is 6.75. The molecule has 0 radical (unpaired) electrons. The SMILES string of the molecule is CSCCCC(C)=C=O. The normalized spacial score (nSPS) is 8.67. The van der Waals surface area contributed by atoms with Gasteiger partial charge in [0, 0.05) is 5.57 Å². The summed E-state index contributed by atoms with van der Waals surface area (Å²) in [5.41, 5.74) is 0.837. The fourth-order valence-electron chi connectivity index (χ4n) is 0.533. The Kier molecular flexibility index (Phi) is 5.80. The average molecular weight is 144 g/mol. The van der Waals surface area contributed by atoms with Crippen LogP contribution in [0.25, 0.3) is 0 Å². The zero-order chi connectivity index (χ0) is 7.11. The van der Waals surface area contributed by atoms with Crippen molar-refractivity contribution in [3.8, 4) is 0 Å². The third-order valence-electron chi connectivity index (χ3n) is 1.07. The minimum Gasteiger partial charge on any atom is -0.234 e. The first-order valence-electron chi connectivity index (χ1n) is 3.00. The molecule has 0 aliphatic heterocycles. The highest BCUT2D eigenvalue weighted by Crippen LogP contribution is 2.03. The molecule has 0 N–H and O–H groups in total.